The molecule has 2 N–H and O–H groups in total. The van der Waals surface area contributed by atoms with Crippen LogP contribution in [0.4, 0.5) is 5.13 Å². The first-order valence-corrected chi connectivity index (χ1v) is 10.9. The highest BCUT2D eigenvalue weighted by atomic mass is 32.2. The number of sulfonamides is 1. The van der Waals surface area contributed by atoms with Crippen LogP contribution in [-0.4, -0.2) is 24.5 Å². The predicted molar refractivity (Wildman–Crippen MR) is 109 cm³/mol. The predicted octanol–water partition coefficient (Wildman–Crippen LogP) is 3.45. The molecule has 0 saturated carbocycles. The van der Waals surface area contributed by atoms with Crippen LogP contribution in [0.25, 0.3) is 0 Å². The van der Waals surface area contributed by atoms with Gasteiger partial charge in [-0.1, -0.05) is 53.3 Å². The number of benzene rings is 2. The summed E-state index contributed by atoms with van der Waals surface area (Å²) in [6.45, 7) is 5.70. The third-order valence-electron chi connectivity index (χ3n) is 4.12. The van der Waals surface area contributed by atoms with Crippen LogP contribution in [0.3, 0.4) is 0 Å². The molecule has 1 amide bonds. The molecule has 0 fully saturated rings. The summed E-state index contributed by atoms with van der Waals surface area (Å²) in [6.07, 6.45) is 0. The number of hydrogen-bond acceptors (Lipinski definition) is 6. The smallest absolute Gasteiger partial charge is 0.270 e. The molecule has 0 aliphatic rings. The van der Waals surface area contributed by atoms with E-state index in [4.69, 9.17) is 0 Å². The Morgan fingerprint density at radius 1 is 1.07 bits per heavy atom. The fourth-order valence-corrected chi connectivity index (χ4v) is 4.92. The van der Waals surface area contributed by atoms with Gasteiger partial charge in [-0.15, -0.1) is 10.2 Å². The number of nitrogens with zero attached hydrogens (tertiary/aromatic N) is 2. The van der Waals surface area contributed by atoms with E-state index in [0.717, 1.165) is 28.0 Å². The van der Waals surface area contributed by atoms with E-state index in [-0.39, 0.29) is 15.4 Å². The number of amides is 1. The number of anilines is 1. The maximum atomic E-state index is 12.6. The Labute approximate surface area is 167 Å². The number of aromatic nitrogens is 2. The van der Waals surface area contributed by atoms with Crippen LogP contribution in [-0.2, 0) is 10.0 Å². The molecule has 0 saturated heterocycles. The highest BCUT2D eigenvalue weighted by Crippen LogP contribution is 2.24. The summed E-state index contributed by atoms with van der Waals surface area (Å²) in [5, 5.41) is 10.2. The molecule has 1 atom stereocenters. The standard InChI is InChI=1S/C19H20N4O3S2/c1-12-9-10-16(13(2)11-12)14(3)23-28(25,26)19-22-21-18(27-19)20-17(24)15-7-5-4-6-8-15/h4-11,14,23H,1-3H3,(H,20,21,24)/t14-/m1/s1. The second-order valence-electron chi connectivity index (χ2n) is 6.40. The van der Waals surface area contributed by atoms with Gasteiger partial charge in [-0.3, -0.25) is 10.1 Å². The van der Waals surface area contributed by atoms with Crippen LogP contribution < -0.4 is 10.0 Å². The van der Waals surface area contributed by atoms with Crippen molar-refractivity contribution in [1.29, 1.82) is 0 Å². The highest BCUT2D eigenvalue weighted by molar-refractivity contribution is 7.91. The second-order valence-corrected chi connectivity index (χ2v) is 9.26. The average molecular weight is 417 g/mol. The van der Waals surface area contributed by atoms with Crippen LogP contribution >= 0.6 is 11.3 Å². The van der Waals surface area contributed by atoms with Crippen molar-refractivity contribution < 1.29 is 13.2 Å². The molecule has 0 aliphatic heterocycles. The summed E-state index contributed by atoms with van der Waals surface area (Å²) in [5.41, 5.74) is 3.45. The molecule has 2 aromatic carbocycles. The lowest BCUT2D eigenvalue weighted by atomic mass is 10.0. The minimum Gasteiger partial charge on any atom is -0.296 e. The van der Waals surface area contributed by atoms with Crippen LogP contribution in [0.15, 0.2) is 52.9 Å². The summed E-state index contributed by atoms with van der Waals surface area (Å²) < 4.78 is 27.7. The second kappa shape index (κ2) is 8.17. The van der Waals surface area contributed by atoms with Gasteiger partial charge in [-0.05, 0) is 44.0 Å². The maximum absolute atomic E-state index is 12.6. The number of carbonyl (C=O) groups excluding carboxylic acids is 1. The molecule has 3 rings (SSSR count). The van der Waals surface area contributed by atoms with E-state index in [2.05, 4.69) is 20.2 Å². The van der Waals surface area contributed by atoms with Crippen molar-refractivity contribution in [2.24, 2.45) is 0 Å². The number of hydrogen-bond donors (Lipinski definition) is 2. The van der Waals surface area contributed by atoms with Crippen molar-refractivity contribution in [2.45, 2.75) is 31.2 Å². The number of nitrogens with one attached hydrogen (secondary N) is 2. The van der Waals surface area contributed by atoms with Crippen LogP contribution in [0.5, 0.6) is 0 Å². The summed E-state index contributed by atoms with van der Waals surface area (Å²) in [4.78, 5) is 12.2. The van der Waals surface area contributed by atoms with E-state index in [1.54, 1.807) is 37.3 Å². The Bertz CT molecular complexity index is 1100. The molecule has 0 unspecified atom stereocenters. The molecule has 0 radical (unpaired) electrons. The number of carbonyl (C=O) groups is 1. The molecule has 1 heterocycles. The van der Waals surface area contributed by atoms with Gasteiger partial charge in [0.1, 0.15) is 0 Å². The Hall–Kier alpha value is -2.62. The lowest BCUT2D eigenvalue weighted by Gasteiger charge is -2.16. The van der Waals surface area contributed by atoms with Gasteiger partial charge < -0.3 is 0 Å². The molecule has 28 heavy (non-hydrogen) atoms. The summed E-state index contributed by atoms with van der Waals surface area (Å²) in [7, 11) is -3.87. The van der Waals surface area contributed by atoms with Gasteiger partial charge in [0.2, 0.25) is 9.47 Å². The Kier molecular flexibility index (Phi) is 5.87. The van der Waals surface area contributed by atoms with Gasteiger partial charge in [0, 0.05) is 11.6 Å². The fraction of sp³-hybridized carbons (Fsp3) is 0.211. The monoisotopic (exact) mass is 416 g/mol. The molecule has 7 nitrogen and oxygen atoms in total. The molecule has 1 aromatic heterocycles. The third kappa shape index (κ3) is 4.61. The number of aryl methyl sites for hydroxylation is 2. The Balaban J connectivity index is 1.73. The van der Waals surface area contributed by atoms with Crippen molar-refractivity contribution in [3.05, 3.63) is 70.8 Å². The SMILES string of the molecule is Cc1ccc([C@@H](C)NS(=O)(=O)c2nnc(NC(=O)c3ccccc3)s2)c(C)c1. The van der Waals surface area contributed by atoms with E-state index in [0.29, 0.717) is 5.56 Å². The van der Waals surface area contributed by atoms with Gasteiger partial charge in [0.05, 0.1) is 0 Å². The van der Waals surface area contributed by atoms with Crippen molar-refractivity contribution in [2.75, 3.05) is 5.32 Å². The molecular weight excluding hydrogens is 396 g/mol. The zero-order chi connectivity index (χ0) is 20.3. The Morgan fingerprint density at radius 3 is 2.46 bits per heavy atom. The van der Waals surface area contributed by atoms with Gasteiger partial charge in [0.25, 0.3) is 15.9 Å². The van der Waals surface area contributed by atoms with Gasteiger partial charge in [0.15, 0.2) is 0 Å². The first-order valence-electron chi connectivity index (χ1n) is 8.55. The van der Waals surface area contributed by atoms with E-state index in [1.165, 1.54) is 0 Å². The molecule has 0 spiro atoms. The minimum atomic E-state index is -3.87. The van der Waals surface area contributed by atoms with Gasteiger partial charge >= 0.3 is 0 Å². The molecule has 146 valence electrons. The normalized spacial score (nSPS) is 12.5. The van der Waals surface area contributed by atoms with Crippen molar-refractivity contribution in [1.82, 2.24) is 14.9 Å². The summed E-state index contributed by atoms with van der Waals surface area (Å²) in [5.74, 6) is -0.377. The topological polar surface area (TPSA) is 101 Å². The highest BCUT2D eigenvalue weighted by Gasteiger charge is 2.24. The third-order valence-corrected chi connectivity index (χ3v) is 6.86. The molecular formula is C19H20N4O3S2. The lowest BCUT2D eigenvalue weighted by molar-refractivity contribution is 0.102. The lowest BCUT2D eigenvalue weighted by Crippen LogP contribution is -2.27. The molecule has 9 heteroatoms. The summed E-state index contributed by atoms with van der Waals surface area (Å²) in [6, 6.07) is 14.0. The summed E-state index contributed by atoms with van der Waals surface area (Å²) >= 11 is 0.802. The van der Waals surface area contributed by atoms with Crippen LogP contribution in [0.1, 0.15) is 40.0 Å². The van der Waals surface area contributed by atoms with Crippen LogP contribution in [0, 0.1) is 13.8 Å². The largest absolute Gasteiger partial charge is 0.296 e. The van der Waals surface area contributed by atoms with E-state index >= 15 is 0 Å². The fourth-order valence-electron chi connectivity index (χ4n) is 2.79. The van der Waals surface area contributed by atoms with Crippen molar-refractivity contribution >= 4 is 32.4 Å². The number of rotatable bonds is 6. The molecule has 3 aromatic rings. The van der Waals surface area contributed by atoms with Crippen molar-refractivity contribution in [3.63, 3.8) is 0 Å². The van der Waals surface area contributed by atoms with E-state index in [1.807, 2.05) is 32.0 Å². The quantitative estimate of drug-likeness (QED) is 0.600. The van der Waals surface area contributed by atoms with E-state index < -0.39 is 16.1 Å². The van der Waals surface area contributed by atoms with Gasteiger partial charge in [-0.25, -0.2) is 13.1 Å². The van der Waals surface area contributed by atoms with E-state index in [9.17, 15) is 13.2 Å². The average Bonchev–Trinajstić information content (AvgIpc) is 3.11. The molecule has 0 bridgehead atoms. The van der Waals surface area contributed by atoms with Crippen molar-refractivity contribution in [3.8, 4) is 0 Å². The van der Waals surface area contributed by atoms with Gasteiger partial charge in [-0.2, -0.15) is 0 Å². The zero-order valence-electron chi connectivity index (χ0n) is 15.6. The first-order chi connectivity index (χ1) is 13.3. The Morgan fingerprint density at radius 2 is 1.79 bits per heavy atom. The minimum absolute atomic E-state index is 0.119. The maximum Gasteiger partial charge on any atom is 0.270 e. The van der Waals surface area contributed by atoms with Crippen LogP contribution in [0.2, 0.25) is 0 Å². The zero-order valence-corrected chi connectivity index (χ0v) is 17.3. The molecule has 0 aliphatic carbocycles. The first kappa shape index (κ1) is 20.1.